The summed E-state index contributed by atoms with van der Waals surface area (Å²) in [6.07, 6.45) is 1.38. The Morgan fingerprint density at radius 3 is 2.56 bits per heavy atom. The van der Waals surface area contributed by atoms with Gasteiger partial charge < -0.3 is 14.6 Å². The van der Waals surface area contributed by atoms with Crippen molar-refractivity contribution in [2.24, 2.45) is 0 Å². The van der Waals surface area contributed by atoms with Gasteiger partial charge in [0.15, 0.2) is 0 Å². The highest BCUT2D eigenvalue weighted by Crippen LogP contribution is 2.30. The third-order valence-corrected chi connectivity index (χ3v) is 7.19. The number of nitrogens with zero attached hydrogens (tertiary/aromatic N) is 4. The first kappa shape index (κ1) is 26.2. The van der Waals surface area contributed by atoms with Crippen LogP contribution < -0.4 is 10.2 Å². The number of halogens is 1. The lowest BCUT2D eigenvalue weighted by Crippen LogP contribution is -2.27. The number of thiophene rings is 1. The lowest BCUT2D eigenvalue weighted by molar-refractivity contribution is 0.0630. The topological polar surface area (TPSA) is 100 Å². The van der Waals surface area contributed by atoms with Gasteiger partial charge in [-0.2, -0.15) is 4.39 Å². The zero-order valence-electron chi connectivity index (χ0n) is 21.6. The number of carbonyl (C=O) groups excluding carboxylic acids is 2. The van der Waals surface area contributed by atoms with Gasteiger partial charge in [-0.3, -0.25) is 14.9 Å². The van der Waals surface area contributed by atoms with Crippen LogP contribution in [0.1, 0.15) is 33.9 Å². The fourth-order valence-electron chi connectivity index (χ4n) is 4.19. The third-order valence-electron chi connectivity index (χ3n) is 6.06. The Bertz CT molecular complexity index is 1670. The molecule has 0 unspecified atom stereocenters. The van der Waals surface area contributed by atoms with E-state index in [4.69, 9.17) is 0 Å². The van der Waals surface area contributed by atoms with Crippen LogP contribution in [-0.2, 0) is 6.54 Å². The van der Waals surface area contributed by atoms with Gasteiger partial charge in [0.25, 0.3) is 11.8 Å². The summed E-state index contributed by atoms with van der Waals surface area (Å²) in [7, 11) is 1.69. The van der Waals surface area contributed by atoms with Crippen LogP contribution >= 0.6 is 11.3 Å². The van der Waals surface area contributed by atoms with Gasteiger partial charge in [0.05, 0.1) is 28.1 Å². The number of rotatable bonds is 7. The number of benzene rings is 2. The van der Waals surface area contributed by atoms with Crippen LogP contribution in [0.15, 0.2) is 79.0 Å². The first-order chi connectivity index (χ1) is 18.6. The Hall–Kier alpha value is -4.41. The van der Waals surface area contributed by atoms with Crippen molar-refractivity contribution in [1.82, 2.24) is 14.5 Å². The number of carbonyl (C=O) groups is 2. The molecular weight excluding hydrogens is 517 g/mol. The summed E-state index contributed by atoms with van der Waals surface area (Å²) in [6.45, 7) is 3.51. The number of anilines is 2. The van der Waals surface area contributed by atoms with E-state index in [0.717, 1.165) is 4.88 Å². The number of pyridine rings is 1. The molecule has 3 heterocycles. The maximum atomic E-state index is 13.6. The Morgan fingerprint density at radius 2 is 1.85 bits per heavy atom. The minimum absolute atomic E-state index is 0.165. The van der Waals surface area contributed by atoms with Gasteiger partial charge in [0, 0.05) is 35.4 Å². The zero-order valence-corrected chi connectivity index (χ0v) is 22.4. The van der Waals surface area contributed by atoms with Crippen LogP contribution in [0.4, 0.5) is 16.0 Å². The second-order valence-corrected chi connectivity index (χ2v) is 10.8. The van der Waals surface area contributed by atoms with Gasteiger partial charge in [-0.25, -0.2) is 9.97 Å². The number of fused-ring (bicyclic) bond motifs is 1. The van der Waals surface area contributed by atoms with Gasteiger partial charge in [0.2, 0.25) is 11.9 Å². The van der Waals surface area contributed by atoms with Crippen LogP contribution in [0.2, 0.25) is 0 Å². The molecule has 0 bridgehead atoms. The number of hydrogen-bond donors (Lipinski definition) is 2. The van der Waals surface area contributed by atoms with E-state index in [1.165, 1.54) is 28.5 Å². The van der Waals surface area contributed by atoms with Crippen molar-refractivity contribution in [2.45, 2.75) is 26.0 Å². The van der Waals surface area contributed by atoms with Crippen molar-refractivity contribution >= 4 is 45.8 Å². The zero-order chi connectivity index (χ0) is 27.7. The summed E-state index contributed by atoms with van der Waals surface area (Å²) in [6, 6.07) is 20.8. The normalized spacial score (nSPS) is 11.5. The SMILES string of the molecule is CN(C(=O)c1ccccc1)c1ccc2c(c1)nc(NC(=O)c1ccc(-c3ccnc(F)c3)s1)n2CC(C)(C)O. The number of amides is 2. The molecule has 2 aromatic carbocycles. The fraction of sp³-hybridized carbons (Fsp3) is 0.172. The first-order valence-corrected chi connectivity index (χ1v) is 13.0. The van der Waals surface area contributed by atoms with Gasteiger partial charge in [-0.1, -0.05) is 18.2 Å². The van der Waals surface area contributed by atoms with E-state index in [0.29, 0.717) is 32.7 Å². The van der Waals surface area contributed by atoms with Crippen LogP contribution in [-0.4, -0.2) is 44.1 Å². The highest BCUT2D eigenvalue weighted by molar-refractivity contribution is 7.17. The smallest absolute Gasteiger partial charge is 0.268 e. The minimum Gasteiger partial charge on any atom is -0.389 e. The lowest BCUT2D eigenvalue weighted by atomic mass is 10.1. The van der Waals surface area contributed by atoms with Crippen molar-refractivity contribution in [2.75, 3.05) is 17.3 Å². The molecule has 0 saturated heterocycles. The predicted octanol–water partition coefficient (Wildman–Crippen LogP) is 5.60. The van der Waals surface area contributed by atoms with Gasteiger partial charge >= 0.3 is 0 Å². The molecule has 0 atom stereocenters. The largest absolute Gasteiger partial charge is 0.389 e. The van der Waals surface area contributed by atoms with Crippen LogP contribution in [0.3, 0.4) is 0 Å². The van der Waals surface area contributed by atoms with Gasteiger partial charge in [-0.05, 0) is 67.9 Å². The number of nitrogens with one attached hydrogen (secondary N) is 1. The quantitative estimate of drug-likeness (QED) is 0.260. The number of imidazole rings is 1. The van der Waals surface area contributed by atoms with E-state index in [1.807, 2.05) is 24.3 Å². The summed E-state index contributed by atoms with van der Waals surface area (Å²) >= 11 is 1.22. The van der Waals surface area contributed by atoms with Crippen LogP contribution in [0.5, 0.6) is 0 Å². The average Bonchev–Trinajstić information content (AvgIpc) is 3.53. The molecule has 39 heavy (non-hydrogen) atoms. The molecule has 0 fully saturated rings. The molecule has 10 heteroatoms. The van der Waals surface area contributed by atoms with E-state index >= 15 is 0 Å². The van der Waals surface area contributed by atoms with E-state index in [9.17, 15) is 19.1 Å². The summed E-state index contributed by atoms with van der Waals surface area (Å²) in [4.78, 5) is 37.0. The highest BCUT2D eigenvalue weighted by atomic mass is 32.1. The average molecular weight is 544 g/mol. The Labute approximate surface area is 228 Å². The van der Waals surface area contributed by atoms with E-state index in [2.05, 4.69) is 15.3 Å². The number of aliphatic hydroxyl groups is 1. The number of aromatic nitrogens is 3. The lowest BCUT2D eigenvalue weighted by Gasteiger charge is -2.20. The van der Waals surface area contributed by atoms with Crippen molar-refractivity contribution in [1.29, 1.82) is 0 Å². The molecule has 0 aliphatic heterocycles. The second-order valence-electron chi connectivity index (χ2n) is 9.72. The van der Waals surface area contributed by atoms with Crippen LogP contribution in [0.25, 0.3) is 21.5 Å². The molecule has 2 N–H and O–H groups in total. The van der Waals surface area contributed by atoms with Gasteiger partial charge in [0.1, 0.15) is 0 Å². The van der Waals surface area contributed by atoms with E-state index < -0.39 is 11.5 Å². The standard InChI is InChI=1S/C29H26FN5O3S/c1-29(2,38)17-35-22-10-9-20(34(3)27(37)18-7-5-4-6-8-18)16-21(22)32-28(35)33-26(36)24-12-11-23(39-24)19-13-14-31-25(30)15-19/h4-16,38H,17H2,1-3H3,(H,32,33,36). The van der Waals surface area contributed by atoms with E-state index in [1.54, 1.807) is 67.9 Å². The molecular formula is C29H26FN5O3S. The summed E-state index contributed by atoms with van der Waals surface area (Å²) in [5, 5.41) is 13.4. The fourth-order valence-corrected chi connectivity index (χ4v) is 5.09. The monoisotopic (exact) mass is 543 g/mol. The molecule has 0 spiro atoms. The maximum absolute atomic E-state index is 13.6. The highest BCUT2D eigenvalue weighted by Gasteiger charge is 2.23. The molecule has 198 valence electrons. The molecule has 0 radical (unpaired) electrons. The molecule has 5 aromatic rings. The van der Waals surface area contributed by atoms with Gasteiger partial charge in [-0.15, -0.1) is 11.3 Å². The van der Waals surface area contributed by atoms with Crippen LogP contribution in [0, 0.1) is 5.95 Å². The summed E-state index contributed by atoms with van der Waals surface area (Å²) < 4.78 is 15.3. The minimum atomic E-state index is -1.09. The summed E-state index contributed by atoms with van der Waals surface area (Å²) in [5.41, 5.74) is 1.98. The Balaban J connectivity index is 1.46. The molecule has 0 aliphatic carbocycles. The predicted molar refractivity (Wildman–Crippen MR) is 151 cm³/mol. The van der Waals surface area contributed by atoms with Crippen molar-refractivity contribution in [3.05, 3.63) is 95.4 Å². The van der Waals surface area contributed by atoms with Crippen molar-refractivity contribution in [3.63, 3.8) is 0 Å². The molecule has 0 saturated carbocycles. The second kappa shape index (κ2) is 10.4. The van der Waals surface area contributed by atoms with Crippen molar-refractivity contribution < 1.29 is 19.1 Å². The molecule has 0 aliphatic rings. The number of hydrogen-bond acceptors (Lipinski definition) is 6. The Morgan fingerprint density at radius 1 is 1.08 bits per heavy atom. The maximum Gasteiger partial charge on any atom is 0.268 e. The third kappa shape index (κ3) is 5.71. The van der Waals surface area contributed by atoms with E-state index in [-0.39, 0.29) is 24.3 Å². The molecule has 8 nitrogen and oxygen atoms in total. The Kier molecular flexibility index (Phi) is 6.98. The molecule has 2 amide bonds. The summed E-state index contributed by atoms with van der Waals surface area (Å²) in [5.74, 6) is -0.884. The first-order valence-electron chi connectivity index (χ1n) is 12.2. The van der Waals surface area contributed by atoms with Crippen molar-refractivity contribution in [3.8, 4) is 10.4 Å². The molecule has 3 aromatic heterocycles. The molecule has 5 rings (SSSR count).